The lowest BCUT2D eigenvalue weighted by molar-refractivity contribution is 0.0864. The highest BCUT2D eigenvalue weighted by molar-refractivity contribution is 6.24. The zero-order valence-corrected chi connectivity index (χ0v) is 6.99. The van der Waals surface area contributed by atoms with Crippen molar-refractivity contribution in [2.24, 2.45) is 0 Å². The van der Waals surface area contributed by atoms with Crippen LogP contribution >= 0.6 is 0 Å². The van der Waals surface area contributed by atoms with Crippen LogP contribution in [0.1, 0.15) is 20.7 Å². The third kappa shape index (κ3) is 0.736. The number of fused-ring (bicyclic) bond motifs is 3. The molecule has 3 aliphatic rings. The van der Waals surface area contributed by atoms with Gasteiger partial charge < -0.3 is 9.47 Å². The van der Waals surface area contributed by atoms with Gasteiger partial charge in [0.25, 0.3) is 11.8 Å². The van der Waals surface area contributed by atoms with E-state index in [1.807, 2.05) is 0 Å². The van der Waals surface area contributed by atoms with Gasteiger partial charge in [0.2, 0.25) is 6.79 Å². The van der Waals surface area contributed by atoms with Crippen LogP contribution in [0.3, 0.4) is 0 Å². The van der Waals surface area contributed by atoms with E-state index in [-0.39, 0.29) is 17.9 Å². The number of benzene rings is 1. The van der Waals surface area contributed by atoms with Crippen LogP contribution in [-0.4, -0.2) is 18.6 Å². The Morgan fingerprint density at radius 2 is 1.50 bits per heavy atom. The van der Waals surface area contributed by atoms with E-state index >= 15 is 0 Å². The molecule has 0 saturated carbocycles. The van der Waals surface area contributed by atoms with Crippen molar-refractivity contribution in [1.82, 2.24) is 5.32 Å². The first-order chi connectivity index (χ1) is 6.77. The van der Waals surface area contributed by atoms with Gasteiger partial charge in [-0.15, -0.1) is 0 Å². The summed E-state index contributed by atoms with van der Waals surface area (Å²) in [5.74, 6) is -0.0612. The summed E-state index contributed by atoms with van der Waals surface area (Å²) in [7, 11) is 0. The van der Waals surface area contributed by atoms with Crippen LogP contribution in [0.15, 0.2) is 12.1 Å². The summed E-state index contributed by atoms with van der Waals surface area (Å²) >= 11 is 0. The minimum atomic E-state index is -0.424. The Balaban J connectivity index is 2.39. The minimum absolute atomic E-state index is 0.0330. The zero-order valence-electron chi connectivity index (χ0n) is 6.99. The fourth-order valence-corrected chi connectivity index (χ4v) is 1.64. The van der Waals surface area contributed by atoms with Crippen LogP contribution in [0, 0.1) is 0 Å². The van der Waals surface area contributed by atoms with Gasteiger partial charge in [-0.05, 0) is 12.1 Å². The molecule has 0 spiro atoms. The highest BCUT2D eigenvalue weighted by atomic mass is 16.7. The van der Waals surface area contributed by atoms with Crippen molar-refractivity contribution in [2.75, 3.05) is 6.79 Å². The van der Waals surface area contributed by atoms with Gasteiger partial charge in [0, 0.05) is 0 Å². The second-order valence-electron chi connectivity index (χ2n) is 3.00. The molecule has 2 bridgehead atoms. The Morgan fingerprint density at radius 3 is 2.00 bits per heavy atom. The number of rotatable bonds is 0. The van der Waals surface area contributed by atoms with Crippen molar-refractivity contribution in [1.29, 1.82) is 0 Å². The lowest BCUT2D eigenvalue weighted by Crippen LogP contribution is -2.21. The molecule has 0 fully saturated rings. The van der Waals surface area contributed by atoms with Gasteiger partial charge in [-0.2, -0.15) is 0 Å². The van der Waals surface area contributed by atoms with Crippen molar-refractivity contribution in [2.45, 2.75) is 0 Å². The third-order valence-electron chi connectivity index (χ3n) is 2.24. The number of nitrogens with one attached hydrogen (secondary N) is 1. The molecule has 0 atom stereocenters. The van der Waals surface area contributed by atoms with Gasteiger partial charge in [-0.3, -0.25) is 14.9 Å². The highest BCUT2D eigenvalue weighted by Crippen LogP contribution is 2.35. The topological polar surface area (TPSA) is 64.6 Å². The van der Waals surface area contributed by atoms with E-state index in [0.29, 0.717) is 11.5 Å². The Kier molecular flexibility index (Phi) is 1.19. The van der Waals surface area contributed by atoms with Crippen LogP contribution < -0.4 is 14.8 Å². The summed E-state index contributed by atoms with van der Waals surface area (Å²) in [6.07, 6.45) is 0. The zero-order chi connectivity index (χ0) is 9.71. The smallest absolute Gasteiger partial charge is 0.262 e. The summed E-state index contributed by atoms with van der Waals surface area (Å²) in [6.45, 7) is 0.0330. The van der Waals surface area contributed by atoms with E-state index in [2.05, 4.69) is 5.32 Å². The average molecular weight is 191 g/mol. The Morgan fingerprint density at radius 1 is 1.00 bits per heavy atom. The van der Waals surface area contributed by atoms with E-state index in [1.54, 1.807) is 12.1 Å². The molecular formula is C9H5NO4. The molecule has 0 aromatic heterocycles. The largest absolute Gasteiger partial charge is 0.457 e. The molecule has 4 rings (SSSR count). The lowest BCUT2D eigenvalue weighted by atomic mass is 10.1. The third-order valence-corrected chi connectivity index (χ3v) is 2.24. The normalized spacial score (nSPS) is 16.9. The summed E-state index contributed by atoms with van der Waals surface area (Å²) < 4.78 is 10.3. The Bertz CT molecular complexity index is 425. The summed E-state index contributed by atoms with van der Waals surface area (Å²) in [5.41, 5.74) is 0.565. The van der Waals surface area contributed by atoms with Gasteiger partial charge in [-0.25, -0.2) is 0 Å². The first kappa shape index (κ1) is 7.37. The van der Waals surface area contributed by atoms with Gasteiger partial charge in [0.15, 0.2) is 0 Å². The molecule has 0 saturated heterocycles. The quantitative estimate of drug-likeness (QED) is 0.599. The van der Waals surface area contributed by atoms with Crippen LogP contribution in [-0.2, 0) is 0 Å². The fourth-order valence-electron chi connectivity index (χ4n) is 1.64. The van der Waals surface area contributed by atoms with Gasteiger partial charge >= 0.3 is 0 Å². The molecule has 1 N–H and O–H groups in total. The number of carbonyl (C=O) groups excluding carboxylic acids is 2. The maximum absolute atomic E-state index is 11.4. The monoisotopic (exact) mass is 191 g/mol. The predicted molar refractivity (Wildman–Crippen MR) is 44.4 cm³/mol. The van der Waals surface area contributed by atoms with Crippen molar-refractivity contribution in [3.8, 4) is 11.5 Å². The van der Waals surface area contributed by atoms with Gasteiger partial charge in [-0.1, -0.05) is 0 Å². The maximum atomic E-state index is 11.4. The molecule has 1 aromatic rings. The van der Waals surface area contributed by atoms with Crippen LogP contribution in [0.2, 0.25) is 0 Å². The number of ether oxygens (including phenoxy) is 2. The van der Waals surface area contributed by atoms with Crippen LogP contribution in [0.25, 0.3) is 0 Å². The predicted octanol–water partition coefficient (Wildman–Crippen LogP) is 0.299. The van der Waals surface area contributed by atoms with Gasteiger partial charge in [0.05, 0.1) is 11.1 Å². The lowest BCUT2D eigenvalue weighted by Gasteiger charge is -2.01. The Labute approximate surface area is 78.6 Å². The van der Waals surface area contributed by atoms with E-state index in [1.165, 1.54) is 0 Å². The molecule has 14 heavy (non-hydrogen) atoms. The van der Waals surface area contributed by atoms with Crippen molar-refractivity contribution >= 4 is 11.8 Å². The molecule has 5 heteroatoms. The summed E-state index contributed by atoms with van der Waals surface area (Å²) in [4.78, 5) is 22.7. The molecule has 3 heterocycles. The van der Waals surface area contributed by atoms with E-state index in [4.69, 9.17) is 9.47 Å². The van der Waals surface area contributed by atoms with Crippen molar-refractivity contribution < 1.29 is 19.1 Å². The SMILES string of the molecule is O=C1NC(=O)c2c3ccc(c21)OCO3. The molecule has 3 aliphatic heterocycles. The molecule has 1 aromatic carbocycles. The van der Waals surface area contributed by atoms with Crippen LogP contribution in [0.5, 0.6) is 11.5 Å². The Hall–Kier alpha value is -2.04. The van der Waals surface area contributed by atoms with Crippen molar-refractivity contribution in [3.63, 3.8) is 0 Å². The van der Waals surface area contributed by atoms with E-state index < -0.39 is 11.8 Å². The molecule has 70 valence electrons. The maximum Gasteiger partial charge on any atom is 0.262 e. The molecule has 0 radical (unpaired) electrons. The van der Waals surface area contributed by atoms with Crippen molar-refractivity contribution in [3.05, 3.63) is 23.3 Å². The number of hydrogen-bond donors (Lipinski definition) is 1. The van der Waals surface area contributed by atoms with Crippen LogP contribution in [0.4, 0.5) is 0 Å². The number of carbonyl (C=O) groups is 2. The number of imide groups is 1. The first-order valence-corrected chi connectivity index (χ1v) is 4.05. The minimum Gasteiger partial charge on any atom is -0.457 e. The van der Waals surface area contributed by atoms with E-state index in [9.17, 15) is 9.59 Å². The average Bonchev–Trinajstić information content (AvgIpc) is 2.42. The molecular weight excluding hydrogens is 186 g/mol. The summed E-state index contributed by atoms with van der Waals surface area (Å²) in [5, 5.41) is 2.19. The fraction of sp³-hybridized carbons (Fsp3) is 0.111. The van der Waals surface area contributed by atoms with E-state index in [0.717, 1.165) is 0 Å². The molecule has 2 amide bonds. The molecule has 0 aliphatic carbocycles. The second kappa shape index (κ2) is 2.25. The standard InChI is InChI=1S/C9H5NO4/c11-8-6-4-1-2-5(14-3-13-4)7(6)9(12)10-8/h1-2H,3H2,(H,10,11,12). The molecule has 5 nitrogen and oxygen atoms in total. The number of amides is 2. The van der Waals surface area contributed by atoms with Gasteiger partial charge in [0.1, 0.15) is 11.5 Å². The first-order valence-electron chi connectivity index (χ1n) is 4.05. The number of hydrogen-bond acceptors (Lipinski definition) is 4. The molecule has 0 unspecified atom stereocenters. The second-order valence-corrected chi connectivity index (χ2v) is 3.00. The summed E-state index contributed by atoms with van der Waals surface area (Å²) in [6, 6.07) is 3.25. The highest BCUT2D eigenvalue weighted by Gasteiger charge is 2.35.